The number of benzene rings is 1. The second-order valence-corrected chi connectivity index (χ2v) is 5.88. The molecule has 0 radical (unpaired) electrons. The fraction of sp³-hybridized carbons (Fsp3) is 0.400. The molecule has 0 nitrogen and oxygen atoms in total. The van der Waals surface area contributed by atoms with Gasteiger partial charge in [0.05, 0.1) is 0 Å². The van der Waals surface area contributed by atoms with Crippen LogP contribution in [-0.4, -0.2) is 17.3 Å². The van der Waals surface area contributed by atoms with E-state index in [9.17, 15) is 0 Å². The van der Waals surface area contributed by atoms with Gasteiger partial charge in [0.15, 0.2) is 0 Å². The summed E-state index contributed by atoms with van der Waals surface area (Å²) in [5.74, 6) is 3.82. The number of hydrogen-bond donors (Lipinski definition) is 0. The van der Waals surface area contributed by atoms with Crippen molar-refractivity contribution in [3.8, 4) is 0 Å². The highest BCUT2D eigenvalue weighted by molar-refractivity contribution is 8.06. The lowest BCUT2D eigenvalue weighted by Gasteiger charge is -2.21. The first kappa shape index (κ1) is 9.75. The van der Waals surface area contributed by atoms with Gasteiger partial charge < -0.3 is 0 Å². The Labute approximate surface area is 92.4 Å². The number of thioether (sulfide) groups is 2. The van der Waals surface area contributed by atoms with Crippen LogP contribution in [0, 0.1) is 0 Å². The van der Waals surface area contributed by atoms with Gasteiger partial charge in [0.2, 0.25) is 0 Å². The second kappa shape index (κ2) is 4.63. The van der Waals surface area contributed by atoms with Crippen LogP contribution >= 0.6 is 35.1 Å². The van der Waals surface area contributed by atoms with Crippen molar-refractivity contribution >= 4 is 35.1 Å². The van der Waals surface area contributed by atoms with Crippen LogP contribution in [-0.2, 0) is 0 Å². The van der Waals surface area contributed by atoms with Gasteiger partial charge in [-0.25, -0.2) is 0 Å². The molecule has 3 heteroatoms. The van der Waals surface area contributed by atoms with Crippen molar-refractivity contribution < 1.29 is 0 Å². The first-order valence-electron chi connectivity index (χ1n) is 4.31. The Bertz CT molecular complexity index is 265. The third-order valence-electron chi connectivity index (χ3n) is 2.06. The quantitative estimate of drug-likeness (QED) is 0.719. The Morgan fingerprint density at radius 2 is 1.92 bits per heavy atom. The van der Waals surface area contributed by atoms with Gasteiger partial charge in [0.25, 0.3) is 0 Å². The van der Waals surface area contributed by atoms with E-state index in [2.05, 4.69) is 23.9 Å². The highest BCUT2D eigenvalue weighted by Gasteiger charge is 2.15. The van der Waals surface area contributed by atoms with Gasteiger partial charge >= 0.3 is 0 Å². The molecule has 2 rings (SSSR count). The molecule has 0 bridgehead atoms. The van der Waals surface area contributed by atoms with Crippen LogP contribution in [0.2, 0.25) is 5.02 Å². The maximum absolute atomic E-state index is 5.84. The number of rotatable bonds is 1. The molecule has 1 atom stereocenters. The highest BCUT2D eigenvalue weighted by Crippen LogP contribution is 2.36. The smallest absolute Gasteiger partial charge is 0.0406 e. The van der Waals surface area contributed by atoms with E-state index in [1.807, 2.05) is 23.9 Å². The van der Waals surface area contributed by atoms with Gasteiger partial charge in [0, 0.05) is 27.5 Å². The van der Waals surface area contributed by atoms with Crippen LogP contribution in [0.15, 0.2) is 24.3 Å². The van der Waals surface area contributed by atoms with E-state index in [-0.39, 0.29) is 0 Å². The monoisotopic (exact) mass is 230 g/mol. The van der Waals surface area contributed by atoms with Crippen LogP contribution in [0.25, 0.3) is 0 Å². The maximum atomic E-state index is 5.84. The first-order valence-corrected chi connectivity index (χ1v) is 6.89. The molecule has 1 unspecified atom stereocenters. The summed E-state index contributed by atoms with van der Waals surface area (Å²) in [6, 6.07) is 8.26. The zero-order valence-corrected chi connectivity index (χ0v) is 9.59. The van der Waals surface area contributed by atoms with Crippen molar-refractivity contribution in [3.05, 3.63) is 34.9 Å². The summed E-state index contributed by atoms with van der Waals surface area (Å²) in [5.41, 5.74) is 1.42. The molecule has 1 fully saturated rings. The van der Waals surface area contributed by atoms with E-state index < -0.39 is 0 Å². The van der Waals surface area contributed by atoms with Gasteiger partial charge in [-0.15, -0.1) is 0 Å². The first-order chi connectivity index (χ1) is 6.36. The van der Waals surface area contributed by atoms with Crippen LogP contribution in [0.5, 0.6) is 0 Å². The van der Waals surface area contributed by atoms with Gasteiger partial charge in [-0.2, -0.15) is 23.5 Å². The van der Waals surface area contributed by atoms with Crippen LogP contribution in [0.1, 0.15) is 10.8 Å². The molecule has 0 amide bonds. The molecule has 1 aromatic carbocycles. The van der Waals surface area contributed by atoms with Crippen molar-refractivity contribution in [3.63, 3.8) is 0 Å². The summed E-state index contributed by atoms with van der Waals surface area (Å²) in [7, 11) is 0. The molecule has 1 aliphatic heterocycles. The summed E-state index contributed by atoms with van der Waals surface area (Å²) in [6.07, 6.45) is 0. The standard InChI is InChI=1S/C10H11ClS2/c11-9-3-1-8(2-4-9)10-7-12-5-6-13-10/h1-4,10H,5-7H2. The largest absolute Gasteiger partial charge is 0.160 e. The SMILES string of the molecule is Clc1ccc(C2CSCCS2)cc1. The average Bonchev–Trinajstić information content (AvgIpc) is 2.20. The Hall–Kier alpha value is 0.210. The molecular weight excluding hydrogens is 220 g/mol. The molecule has 1 aliphatic rings. The molecule has 1 heterocycles. The predicted octanol–water partition coefficient (Wildman–Crippen LogP) is 3.86. The van der Waals surface area contributed by atoms with Crippen LogP contribution in [0.4, 0.5) is 0 Å². The Kier molecular flexibility index (Phi) is 3.47. The summed E-state index contributed by atoms with van der Waals surface area (Å²) in [4.78, 5) is 0. The van der Waals surface area contributed by atoms with Crippen LogP contribution < -0.4 is 0 Å². The lowest BCUT2D eigenvalue weighted by atomic mass is 10.2. The van der Waals surface area contributed by atoms with E-state index in [0.29, 0.717) is 5.25 Å². The molecule has 0 N–H and O–H groups in total. The van der Waals surface area contributed by atoms with Gasteiger partial charge in [-0.05, 0) is 17.7 Å². The van der Waals surface area contributed by atoms with Crippen molar-refractivity contribution in [2.75, 3.05) is 17.3 Å². The average molecular weight is 231 g/mol. The zero-order valence-electron chi connectivity index (χ0n) is 7.20. The van der Waals surface area contributed by atoms with Crippen molar-refractivity contribution in [1.82, 2.24) is 0 Å². The van der Waals surface area contributed by atoms with Gasteiger partial charge in [-0.1, -0.05) is 23.7 Å². The Balaban J connectivity index is 2.10. The van der Waals surface area contributed by atoms with Gasteiger partial charge in [0.1, 0.15) is 0 Å². The lowest BCUT2D eigenvalue weighted by molar-refractivity contribution is 1.10. The van der Waals surface area contributed by atoms with E-state index in [1.54, 1.807) is 0 Å². The minimum absolute atomic E-state index is 0.677. The van der Waals surface area contributed by atoms with E-state index in [0.717, 1.165) is 5.02 Å². The summed E-state index contributed by atoms with van der Waals surface area (Å²) < 4.78 is 0. The minimum Gasteiger partial charge on any atom is -0.160 e. The fourth-order valence-electron chi connectivity index (χ4n) is 1.36. The molecule has 0 spiro atoms. The highest BCUT2D eigenvalue weighted by atomic mass is 35.5. The Morgan fingerprint density at radius 1 is 1.15 bits per heavy atom. The zero-order chi connectivity index (χ0) is 9.10. The number of halogens is 1. The molecular formula is C10H11ClS2. The third-order valence-corrected chi connectivity index (χ3v) is 5.12. The minimum atomic E-state index is 0.677. The molecule has 1 saturated heterocycles. The molecule has 70 valence electrons. The third kappa shape index (κ3) is 2.58. The van der Waals surface area contributed by atoms with E-state index >= 15 is 0 Å². The molecule has 13 heavy (non-hydrogen) atoms. The molecule has 0 saturated carbocycles. The Morgan fingerprint density at radius 3 is 2.54 bits per heavy atom. The number of hydrogen-bond acceptors (Lipinski definition) is 2. The van der Waals surface area contributed by atoms with Gasteiger partial charge in [-0.3, -0.25) is 0 Å². The molecule has 0 aromatic heterocycles. The van der Waals surface area contributed by atoms with E-state index in [1.165, 1.54) is 22.8 Å². The molecule has 1 aromatic rings. The van der Waals surface area contributed by atoms with Crippen molar-refractivity contribution in [2.45, 2.75) is 5.25 Å². The topological polar surface area (TPSA) is 0 Å². The normalized spacial score (nSPS) is 23.0. The van der Waals surface area contributed by atoms with E-state index in [4.69, 9.17) is 11.6 Å². The van der Waals surface area contributed by atoms with Crippen molar-refractivity contribution in [1.29, 1.82) is 0 Å². The second-order valence-electron chi connectivity index (χ2n) is 2.99. The predicted molar refractivity (Wildman–Crippen MR) is 64.0 cm³/mol. The summed E-state index contributed by atoms with van der Waals surface area (Å²) in [5, 5.41) is 1.51. The van der Waals surface area contributed by atoms with Crippen molar-refractivity contribution in [2.24, 2.45) is 0 Å². The molecule has 0 aliphatic carbocycles. The fourth-order valence-corrected chi connectivity index (χ4v) is 4.22. The lowest BCUT2D eigenvalue weighted by Crippen LogP contribution is -2.06. The summed E-state index contributed by atoms with van der Waals surface area (Å²) >= 11 is 9.95. The maximum Gasteiger partial charge on any atom is 0.0406 e. The van der Waals surface area contributed by atoms with Crippen LogP contribution in [0.3, 0.4) is 0 Å². The summed E-state index contributed by atoms with van der Waals surface area (Å²) in [6.45, 7) is 0.